The number of hydrogen-bond donors (Lipinski definition) is 2. The third kappa shape index (κ3) is 3.07. The number of benzene rings is 1. The molecule has 0 aliphatic rings. The van der Waals surface area contributed by atoms with Crippen LogP contribution >= 0.6 is 0 Å². The van der Waals surface area contributed by atoms with Crippen LogP contribution in [0.2, 0.25) is 0 Å². The molecular formula is C21H21N4O+3. The maximum Gasteiger partial charge on any atom is 0.273 e. The summed E-state index contributed by atoms with van der Waals surface area (Å²) >= 11 is 0. The first-order valence-electron chi connectivity index (χ1n) is 8.56. The van der Waals surface area contributed by atoms with Crippen LogP contribution in [0.5, 0.6) is 5.75 Å². The van der Waals surface area contributed by atoms with E-state index in [0.29, 0.717) is 0 Å². The van der Waals surface area contributed by atoms with E-state index in [1.807, 2.05) is 80.1 Å². The van der Waals surface area contributed by atoms with E-state index in [1.54, 1.807) is 0 Å². The second-order valence-electron chi connectivity index (χ2n) is 6.30. The Hall–Kier alpha value is -3.47. The zero-order chi connectivity index (χ0) is 17.9. The van der Waals surface area contributed by atoms with Gasteiger partial charge in [0.25, 0.3) is 11.3 Å². The first-order valence-corrected chi connectivity index (χ1v) is 8.56. The standard InChI is InChI=1S/C21H18N4O/c1-14-4-2-6-18(24-14)25-19(16-9-12-22-13-10-16)17-8-7-15-5-3-11-23-20(15)21(17)26/h2-13,19,26H,1H3,(H,24,25)/p+3. The molecule has 0 spiro atoms. The van der Waals surface area contributed by atoms with Crippen LogP contribution in [0.15, 0.2) is 73.2 Å². The molecule has 0 saturated carbocycles. The number of nitrogens with one attached hydrogen (secondary N) is 4. The molecule has 5 N–H and O–H groups in total. The number of phenolic OH excluding ortho intramolecular Hbond substituents is 1. The van der Waals surface area contributed by atoms with Gasteiger partial charge in [-0.05, 0) is 31.2 Å². The van der Waals surface area contributed by atoms with Gasteiger partial charge in [-0.1, -0.05) is 6.07 Å². The molecule has 5 nitrogen and oxygen atoms in total. The fourth-order valence-corrected chi connectivity index (χ4v) is 3.19. The Bertz CT molecular complexity index is 1050. The summed E-state index contributed by atoms with van der Waals surface area (Å²) in [7, 11) is 0. The Labute approximate surface area is 151 Å². The molecule has 1 aromatic carbocycles. The van der Waals surface area contributed by atoms with E-state index in [-0.39, 0.29) is 11.8 Å². The molecule has 0 aliphatic heterocycles. The molecule has 26 heavy (non-hydrogen) atoms. The molecule has 4 rings (SSSR count). The van der Waals surface area contributed by atoms with Gasteiger partial charge in [-0.15, -0.1) is 0 Å². The van der Waals surface area contributed by atoms with E-state index < -0.39 is 0 Å². The highest BCUT2D eigenvalue weighted by Crippen LogP contribution is 2.34. The largest absolute Gasteiger partial charge is 0.502 e. The molecule has 0 fully saturated rings. The van der Waals surface area contributed by atoms with Crippen molar-refractivity contribution in [3.63, 3.8) is 0 Å². The first kappa shape index (κ1) is 16.0. The van der Waals surface area contributed by atoms with Crippen LogP contribution in [0.3, 0.4) is 0 Å². The number of aromatic hydroxyl groups is 1. The van der Waals surface area contributed by atoms with Crippen molar-refractivity contribution in [1.82, 2.24) is 0 Å². The molecule has 5 heteroatoms. The van der Waals surface area contributed by atoms with E-state index in [4.69, 9.17) is 0 Å². The van der Waals surface area contributed by atoms with Gasteiger partial charge in [0, 0.05) is 35.4 Å². The van der Waals surface area contributed by atoms with E-state index >= 15 is 0 Å². The predicted molar refractivity (Wildman–Crippen MR) is 98.4 cm³/mol. The van der Waals surface area contributed by atoms with Crippen molar-refractivity contribution in [1.29, 1.82) is 0 Å². The maximum atomic E-state index is 10.9. The molecule has 4 aromatic rings. The van der Waals surface area contributed by atoms with Crippen molar-refractivity contribution in [3.05, 3.63) is 90.0 Å². The number of pyridine rings is 3. The molecule has 0 aliphatic carbocycles. The molecule has 128 valence electrons. The van der Waals surface area contributed by atoms with Crippen molar-refractivity contribution in [2.24, 2.45) is 0 Å². The van der Waals surface area contributed by atoms with Gasteiger partial charge in [0.2, 0.25) is 0 Å². The molecule has 0 radical (unpaired) electrons. The molecule has 1 atom stereocenters. The van der Waals surface area contributed by atoms with Crippen LogP contribution in [0, 0.1) is 6.92 Å². The van der Waals surface area contributed by atoms with Crippen LogP contribution in [0.4, 0.5) is 5.82 Å². The third-order valence-electron chi connectivity index (χ3n) is 4.47. The Kier molecular flexibility index (Phi) is 4.19. The number of rotatable bonds is 4. The second kappa shape index (κ2) is 6.80. The summed E-state index contributed by atoms with van der Waals surface area (Å²) in [6, 6.07) is 17.7. The highest BCUT2D eigenvalue weighted by atomic mass is 16.3. The Balaban J connectivity index is 1.84. The zero-order valence-corrected chi connectivity index (χ0v) is 14.5. The van der Waals surface area contributed by atoms with Gasteiger partial charge in [-0.2, -0.15) is 0 Å². The lowest BCUT2D eigenvalue weighted by Crippen LogP contribution is -2.21. The molecule has 0 saturated heterocycles. The quantitative estimate of drug-likeness (QED) is 0.596. The number of hydrogen-bond acceptors (Lipinski definition) is 2. The molecule has 0 amide bonds. The number of aromatic nitrogens is 3. The number of aromatic amines is 3. The van der Waals surface area contributed by atoms with Gasteiger partial charge in [0.1, 0.15) is 6.04 Å². The normalized spacial score (nSPS) is 12.0. The molecule has 3 aromatic heterocycles. The van der Waals surface area contributed by atoms with Gasteiger partial charge in [-0.25, -0.2) is 15.0 Å². The number of H-pyrrole nitrogens is 3. The summed E-state index contributed by atoms with van der Waals surface area (Å²) in [5.74, 6) is 1.14. The van der Waals surface area contributed by atoms with Crippen LogP contribution < -0.4 is 20.3 Å². The van der Waals surface area contributed by atoms with Crippen LogP contribution in [-0.4, -0.2) is 5.11 Å². The number of phenols is 1. The van der Waals surface area contributed by atoms with Crippen molar-refractivity contribution >= 4 is 16.7 Å². The van der Waals surface area contributed by atoms with Crippen LogP contribution in [0.1, 0.15) is 22.9 Å². The summed E-state index contributed by atoms with van der Waals surface area (Å²) in [6.07, 6.45) is 5.59. The maximum absolute atomic E-state index is 10.9. The summed E-state index contributed by atoms with van der Waals surface area (Å²) in [5, 5.41) is 15.4. The van der Waals surface area contributed by atoms with E-state index in [0.717, 1.165) is 33.5 Å². The van der Waals surface area contributed by atoms with Crippen molar-refractivity contribution < 1.29 is 20.1 Å². The van der Waals surface area contributed by atoms with E-state index in [1.165, 1.54) is 0 Å². The third-order valence-corrected chi connectivity index (χ3v) is 4.47. The van der Waals surface area contributed by atoms with Gasteiger partial charge >= 0.3 is 0 Å². The summed E-state index contributed by atoms with van der Waals surface area (Å²) in [4.78, 5) is 9.52. The van der Waals surface area contributed by atoms with Crippen LogP contribution in [-0.2, 0) is 0 Å². The highest BCUT2D eigenvalue weighted by molar-refractivity contribution is 5.83. The van der Waals surface area contributed by atoms with Crippen molar-refractivity contribution in [3.8, 4) is 5.75 Å². The van der Waals surface area contributed by atoms with E-state index in [9.17, 15) is 5.11 Å². The van der Waals surface area contributed by atoms with Crippen molar-refractivity contribution in [2.75, 3.05) is 5.32 Å². The fourth-order valence-electron chi connectivity index (χ4n) is 3.19. The minimum atomic E-state index is -0.208. The number of anilines is 1. The highest BCUT2D eigenvalue weighted by Gasteiger charge is 2.26. The Morgan fingerprint density at radius 2 is 1.77 bits per heavy atom. The topological polar surface area (TPSA) is 74.7 Å². The van der Waals surface area contributed by atoms with Crippen molar-refractivity contribution in [2.45, 2.75) is 13.0 Å². The Morgan fingerprint density at radius 1 is 0.923 bits per heavy atom. The Morgan fingerprint density at radius 3 is 2.58 bits per heavy atom. The summed E-state index contributed by atoms with van der Waals surface area (Å²) < 4.78 is 0. The average molecular weight is 345 g/mol. The molecular weight excluding hydrogens is 324 g/mol. The van der Waals surface area contributed by atoms with E-state index in [2.05, 4.69) is 20.3 Å². The summed E-state index contributed by atoms with van der Waals surface area (Å²) in [6.45, 7) is 2.01. The fraction of sp³-hybridized carbons (Fsp3) is 0.0952. The van der Waals surface area contributed by atoms with Gasteiger partial charge in [-0.3, -0.25) is 5.32 Å². The lowest BCUT2D eigenvalue weighted by atomic mass is 9.97. The monoisotopic (exact) mass is 345 g/mol. The minimum absolute atomic E-state index is 0.208. The van der Waals surface area contributed by atoms with Gasteiger partial charge < -0.3 is 5.11 Å². The lowest BCUT2D eigenvalue weighted by Gasteiger charge is -2.16. The second-order valence-corrected chi connectivity index (χ2v) is 6.30. The minimum Gasteiger partial charge on any atom is -0.502 e. The lowest BCUT2D eigenvalue weighted by molar-refractivity contribution is -0.378. The molecule has 3 heterocycles. The SMILES string of the molecule is Cc1cccc(NC(c2cc[nH+]cc2)c2ccc3ccc[nH+]c3c2O)[nH+]1. The van der Waals surface area contributed by atoms with Crippen LogP contribution in [0.25, 0.3) is 10.9 Å². The molecule has 0 bridgehead atoms. The first-order chi connectivity index (χ1) is 12.7. The average Bonchev–Trinajstić information content (AvgIpc) is 2.68. The number of aryl methyl sites for hydroxylation is 1. The van der Waals surface area contributed by atoms with Gasteiger partial charge in [0.15, 0.2) is 24.3 Å². The van der Waals surface area contributed by atoms with Gasteiger partial charge in [0.05, 0.1) is 11.1 Å². The number of fused-ring (bicyclic) bond motifs is 1. The zero-order valence-electron chi connectivity index (χ0n) is 14.5. The molecule has 1 unspecified atom stereocenters. The summed E-state index contributed by atoms with van der Waals surface area (Å²) in [5.41, 5.74) is 3.64. The predicted octanol–water partition coefficient (Wildman–Crippen LogP) is 2.50. The smallest absolute Gasteiger partial charge is 0.273 e.